The van der Waals surface area contributed by atoms with E-state index in [1.807, 2.05) is 11.8 Å². The predicted molar refractivity (Wildman–Crippen MR) is 69.0 cm³/mol. The zero-order valence-corrected chi connectivity index (χ0v) is 11.4. The number of carbonyl (C=O) groups excluding carboxylic acids is 2. The molecule has 1 amide bonds. The predicted octanol–water partition coefficient (Wildman–Crippen LogP) is 1.73. The molecule has 0 aromatic rings. The van der Waals surface area contributed by atoms with Gasteiger partial charge in [-0.3, -0.25) is 9.59 Å². The quantitative estimate of drug-likeness (QED) is 0.738. The number of nitrogens with one attached hydrogen (secondary N) is 1. The number of carbonyl (C=O) groups is 2. The molecule has 0 aromatic heterocycles. The summed E-state index contributed by atoms with van der Waals surface area (Å²) in [4.78, 5) is 22.6. The summed E-state index contributed by atoms with van der Waals surface area (Å²) >= 11 is 1.91. The first kappa shape index (κ1) is 14.4. The normalized spacial score (nSPS) is 23.4. The van der Waals surface area contributed by atoms with Crippen LogP contribution in [0.1, 0.15) is 39.5 Å². The van der Waals surface area contributed by atoms with Crippen LogP contribution in [0.3, 0.4) is 0 Å². The lowest BCUT2D eigenvalue weighted by atomic mass is 10.1. The van der Waals surface area contributed by atoms with Gasteiger partial charge in [-0.1, -0.05) is 0 Å². The minimum Gasteiger partial charge on any atom is -0.466 e. The Morgan fingerprint density at radius 1 is 1.41 bits per heavy atom. The molecular weight excluding hydrogens is 238 g/mol. The summed E-state index contributed by atoms with van der Waals surface area (Å²) in [6.45, 7) is 5.00. The van der Waals surface area contributed by atoms with Crippen LogP contribution in [-0.4, -0.2) is 35.5 Å². The third kappa shape index (κ3) is 5.44. The zero-order valence-electron chi connectivity index (χ0n) is 10.6. The Morgan fingerprint density at radius 3 is 2.76 bits per heavy atom. The van der Waals surface area contributed by atoms with Crippen molar-refractivity contribution >= 4 is 23.6 Å². The smallest absolute Gasteiger partial charge is 0.306 e. The molecule has 0 aliphatic carbocycles. The van der Waals surface area contributed by atoms with Gasteiger partial charge in [0.15, 0.2) is 0 Å². The molecule has 1 atom stereocenters. The fourth-order valence-corrected chi connectivity index (χ4v) is 3.04. The molecule has 1 aliphatic rings. The molecule has 0 saturated carbocycles. The van der Waals surface area contributed by atoms with E-state index in [1.165, 1.54) is 12.2 Å². The van der Waals surface area contributed by atoms with E-state index in [9.17, 15) is 9.59 Å². The first-order valence-corrected chi connectivity index (χ1v) is 7.10. The van der Waals surface area contributed by atoms with Gasteiger partial charge in [-0.25, -0.2) is 0 Å². The average molecular weight is 259 g/mol. The van der Waals surface area contributed by atoms with E-state index in [0.29, 0.717) is 13.2 Å². The van der Waals surface area contributed by atoms with Crippen molar-refractivity contribution in [1.29, 1.82) is 0 Å². The largest absolute Gasteiger partial charge is 0.466 e. The second-order valence-corrected chi connectivity index (χ2v) is 6.17. The molecule has 98 valence electrons. The molecule has 0 spiro atoms. The molecule has 1 heterocycles. The Hall–Kier alpha value is -0.710. The zero-order chi connectivity index (χ0) is 12.7. The van der Waals surface area contributed by atoms with Crippen LogP contribution in [0.15, 0.2) is 0 Å². The molecule has 1 N–H and O–H groups in total. The number of rotatable bonds is 6. The van der Waals surface area contributed by atoms with Crippen molar-refractivity contribution in [2.45, 2.75) is 44.3 Å². The SMILES string of the molecule is CCOC(=O)CCC(=O)NCC1(C)CCCS1. The van der Waals surface area contributed by atoms with E-state index < -0.39 is 0 Å². The summed E-state index contributed by atoms with van der Waals surface area (Å²) in [6, 6.07) is 0. The van der Waals surface area contributed by atoms with Gasteiger partial charge in [0.1, 0.15) is 0 Å². The molecule has 1 unspecified atom stereocenters. The van der Waals surface area contributed by atoms with Gasteiger partial charge in [0.05, 0.1) is 13.0 Å². The van der Waals surface area contributed by atoms with Crippen LogP contribution in [0.4, 0.5) is 0 Å². The van der Waals surface area contributed by atoms with Crippen LogP contribution in [0.5, 0.6) is 0 Å². The minimum absolute atomic E-state index is 0.0632. The second kappa shape index (κ2) is 6.89. The van der Waals surface area contributed by atoms with E-state index in [4.69, 9.17) is 4.74 Å². The fraction of sp³-hybridized carbons (Fsp3) is 0.833. The number of thioether (sulfide) groups is 1. The first-order valence-electron chi connectivity index (χ1n) is 6.12. The van der Waals surface area contributed by atoms with E-state index in [2.05, 4.69) is 12.2 Å². The Kier molecular flexibility index (Phi) is 5.82. The van der Waals surface area contributed by atoms with E-state index >= 15 is 0 Å². The lowest BCUT2D eigenvalue weighted by Gasteiger charge is -2.22. The van der Waals surface area contributed by atoms with Crippen molar-refractivity contribution in [2.24, 2.45) is 0 Å². The highest BCUT2D eigenvalue weighted by atomic mass is 32.2. The van der Waals surface area contributed by atoms with Crippen molar-refractivity contribution < 1.29 is 14.3 Å². The molecule has 4 nitrogen and oxygen atoms in total. The summed E-state index contributed by atoms with van der Waals surface area (Å²) < 4.78 is 4.95. The summed E-state index contributed by atoms with van der Waals surface area (Å²) in [5.41, 5.74) is 0. The third-order valence-corrected chi connectivity index (χ3v) is 4.36. The average Bonchev–Trinajstić information content (AvgIpc) is 2.72. The van der Waals surface area contributed by atoms with Crippen molar-refractivity contribution in [3.63, 3.8) is 0 Å². The third-order valence-electron chi connectivity index (χ3n) is 2.82. The highest BCUT2D eigenvalue weighted by molar-refractivity contribution is 8.00. The van der Waals surface area contributed by atoms with Crippen LogP contribution in [0.2, 0.25) is 0 Å². The fourth-order valence-electron chi connectivity index (χ4n) is 1.80. The van der Waals surface area contributed by atoms with Gasteiger partial charge in [-0.15, -0.1) is 0 Å². The van der Waals surface area contributed by atoms with Crippen LogP contribution in [-0.2, 0) is 14.3 Å². The summed E-state index contributed by atoms with van der Waals surface area (Å²) in [5.74, 6) is 0.811. The van der Waals surface area contributed by atoms with Gasteiger partial charge in [0.2, 0.25) is 5.91 Å². The van der Waals surface area contributed by atoms with Gasteiger partial charge in [0, 0.05) is 17.7 Å². The van der Waals surface area contributed by atoms with Gasteiger partial charge < -0.3 is 10.1 Å². The number of amides is 1. The number of hydrogen-bond acceptors (Lipinski definition) is 4. The van der Waals surface area contributed by atoms with Crippen LogP contribution in [0.25, 0.3) is 0 Å². The minimum atomic E-state index is -0.302. The van der Waals surface area contributed by atoms with E-state index in [-0.39, 0.29) is 29.5 Å². The lowest BCUT2D eigenvalue weighted by Crippen LogP contribution is -2.36. The summed E-state index contributed by atoms with van der Waals surface area (Å²) in [5, 5.41) is 2.90. The van der Waals surface area contributed by atoms with Gasteiger partial charge in [-0.05, 0) is 32.4 Å². The highest BCUT2D eigenvalue weighted by Crippen LogP contribution is 2.36. The second-order valence-electron chi connectivity index (χ2n) is 4.48. The Labute approximate surface area is 107 Å². The number of esters is 1. The first-order chi connectivity index (χ1) is 8.06. The molecule has 0 bridgehead atoms. The lowest BCUT2D eigenvalue weighted by molar-refractivity contribution is -0.144. The molecule has 1 rings (SSSR count). The van der Waals surface area contributed by atoms with Crippen molar-refractivity contribution in [2.75, 3.05) is 18.9 Å². The molecule has 17 heavy (non-hydrogen) atoms. The Morgan fingerprint density at radius 2 is 2.18 bits per heavy atom. The maximum Gasteiger partial charge on any atom is 0.306 e. The molecule has 1 fully saturated rings. The monoisotopic (exact) mass is 259 g/mol. The Balaban J connectivity index is 2.14. The molecule has 0 radical (unpaired) electrons. The summed E-state index contributed by atoms with van der Waals surface area (Å²) in [7, 11) is 0. The molecule has 1 saturated heterocycles. The number of hydrogen-bond donors (Lipinski definition) is 1. The van der Waals surface area contributed by atoms with Crippen LogP contribution in [0, 0.1) is 0 Å². The Bertz CT molecular complexity index is 275. The molecule has 0 aromatic carbocycles. The maximum atomic E-state index is 11.5. The van der Waals surface area contributed by atoms with Crippen LogP contribution >= 0.6 is 11.8 Å². The highest BCUT2D eigenvalue weighted by Gasteiger charge is 2.29. The molecule has 1 aliphatic heterocycles. The van der Waals surface area contributed by atoms with Gasteiger partial charge in [0.25, 0.3) is 0 Å². The van der Waals surface area contributed by atoms with E-state index in [0.717, 1.165) is 6.42 Å². The van der Waals surface area contributed by atoms with Gasteiger partial charge in [-0.2, -0.15) is 11.8 Å². The van der Waals surface area contributed by atoms with Crippen molar-refractivity contribution in [3.05, 3.63) is 0 Å². The number of ether oxygens (including phenoxy) is 1. The topological polar surface area (TPSA) is 55.4 Å². The molecular formula is C12H21NO3S. The van der Waals surface area contributed by atoms with Crippen molar-refractivity contribution in [3.8, 4) is 0 Å². The standard InChI is InChI=1S/C12H21NO3S/c1-3-16-11(15)6-5-10(14)13-9-12(2)7-4-8-17-12/h3-9H2,1-2H3,(H,13,14). The van der Waals surface area contributed by atoms with Crippen molar-refractivity contribution in [1.82, 2.24) is 5.32 Å². The van der Waals surface area contributed by atoms with Gasteiger partial charge >= 0.3 is 5.97 Å². The summed E-state index contributed by atoms with van der Waals surface area (Å²) in [6.07, 6.45) is 2.76. The maximum absolute atomic E-state index is 11.5. The van der Waals surface area contributed by atoms with E-state index in [1.54, 1.807) is 6.92 Å². The van der Waals surface area contributed by atoms with Crippen LogP contribution < -0.4 is 5.32 Å². The molecule has 5 heteroatoms.